The van der Waals surface area contributed by atoms with Gasteiger partial charge in [0.15, 0.2) is 5.96 Å². The zero-order valence-corrected chi connectivity index (χ0v) is 19.9. The Balaban J connectivity index is 0.00000392. The first-order chi connectivity index (χ1) is 13.1. The zero-order valence-electron chi connectivity index (χ0n) is 16.8. The van der Waals surface area contributed by atoms with Gasteiger partial charge in [0.2, 0.25) is 0 Å². The predicted octanol–water partition coefficient (Wildman–Crippen LogP) is 2.97. The van der Waals surface area contributed by atoms with Gasteiger partial charge in [-0.05, 0) is 56.9 Å². The zero-order chi connectivity index (χ0) is 19.5. The van der Waals surface area contributed by atoms with Crippen molar-refractivity contribution in [2.75, 3.05) is 46.3 Å². The van der Waals surface area contributed by atoms with Crippen molar-refractivity contribution in [1.82, 2.24) is 20.9 Å². The fourth-order valence-electron chi connectivity index (χ4n) is 3.11. The van der Waals surface area contributed by atoms with Gasteiger partial charge in [0.25, 0.3) is 5.91 Å². The van der Waals surface area contributed by atoms with Crippen molar-refractivity contribution >= 4 is 47.4 Å². The summed E-state index contributed by atoms with van der Waals surface area (Å²) in [5.74, 6) is 1.47. The van der Waals surface area contributed by atoms with Gasteiger partial charge >= 0.3 is 0 Å². The number of nitrogens with zero attached hydrogens (tertiary/aromatic N) is 2. The largest absolute Gasteiger partial charge is 0.356 e. The van der Waals surface area contributed by atoms with E-state index in [4.69, 9.17) is 11.6 Å². The van der Waals surface area contributed by atoms with Crippen LogP contribution in [0.3, 0.4) is 0 Å². The van der Waals surface area contributed by atoms with Crippen molar-refractivity contribution < 1.29 is 4.79 Å². The summed E-state index contributed by atoms with van der Waals surface area (Å²) in [5.41, 5.74) is 0.494. The number of aliphatic imine (C=N–C) groups is 1. The molecular weight excluding hydrogens is 489 g/mol. The Kier molecular flexibility index (Phi) is 12.5. The molecule has 1 aliphatic heterocycles. The molecule has 0 unspecified atom stereocenters. The first-order valence-corrected chi connectivity index (χ1v) is 10.2. The molecule has 8 heteroatoms. The summed E-state index contributed by atoms with van der Waals surface area (Å²) < 4.78 is 0. The van der Waals surface area contributed by atoms with Crippen LogP contribution >= 0.6 is 35.6 Å². The number of amides is 1. The van der Waals surface area contributed by atoms with Crippen LogP contribution < -0.4 is 16.0 Å². The number of nitrogens with one attached hydrogen (secondary N) is 3. The summed E-state index contributed by atoms with van der Waals surface area (Å²) in [4.78, 5) is 18.8. The van der Waals surface area contributed by atoms with Crippen molar-refractivity contribution in [2.45, 2.75) is 26.2 Å². The molecular formula is C20H33ClIN5O. The minimum absolute atomic E-state index is 0. The van der Waals surface area contributed by atoms with Crippen LogP contribution in [-0.4, -0.2) is 63.1 Å². The van der Waals surface area contributed by atoms with E-state index in [1.165, 1.54) is 25.9 Å². The Labute approximate surface area is 190 Å². The normalized spacial score (nSPS) is 15.6. The SMILES string of the molecule is CN=C(NCCCN1CCC(C)CC1)NCCNC(=O)c1ccccc1Cl.I. The van der Waals surface area contributed by atoms with Gasteiger partial charge in [-0.25, -0.2) is 0 Å². The second-order valence-electron chi connectivity index (χ2n) is 7.04. The maximum Gasteiger partial charge on any atom is 0.252 e. The lowest BCUT2D eigenvalue weighted by atomic mass is 9.99. The standard InChI is InChI=1S/C20H32ClN5O.HI/c1-16-8-14-26(15-9-16)13-5-10-24-20(22-2)25-12-11-23-19(27)17-6-3-4-7-18(17)21;/h3-4,6-7,16H,5,8-15H2,1-2H3,(H,23,27)(H2,22,24,25);1H. The first-order valence-electron chi connectivity index (χ1n) is 9.79. The molecule has 1 aromatic carbocycles. The van der Waals surface area contributed by atoms with Crippen molar-refractivity contribution in [1.29, 1.82) is 0 Å². The van der Waals surface area contributed by atoms with E-state index in [0.717, 1.165) is 31.4 Å². The van der Waals surface area contributed by atoms with E-state index in [2.05, 4.69) is 32.8 Å². The summed E-state index contributed by atoms with van der Waals surface area (Å²) in [5, 5.41) is 9.86. The summed E-state index contributed by atoms with van der Waals surface area (Å²) in [6.45, 7) is 7.89. The van der Waals surface area contributed by atoms with Gasteiger partial charge in [0.1, 0.15) is 0 Å². The van der Waals surface area contributed by atoms with Crippen LogP contribution in [-0.2, 0) is 0 Å². The van der Waals surface area contributed by atoms with Gasteiger partial charge in [-0.2, -0.15) is 0 Å². The molecule has 28 heavy (non-hydrogen) atoms. The van der Waals surface area contributed by atoms with Gasteiger partial charge < -0.3 is 20.9 Å². The van der Waals surface area contributed by atoms with E-state index in [0.29, 0.717) is 23.7 Å². The second kappa shape index (κ2) is 14.0. The number of carbonyl (C=O) groups is 1. The second-order valence-corrected chi connectivity index (χ2v) is 7.45. The number of piperidine rings is 1. The molecule has 3 N–H and O–H groups in total. The highest BCUT2D eigenvalue weighted by molar-refractivity contribution is 14.0. The lowest BCUT2D eigenvalue weighted by Gasteiger charge is -2.30. The quantitative estimate of drug-likeness (QED) is 0.213. The third kappa shape index (κ3) is 8.96. The molecule has 0 aliphatic carbocycles. The van der Waals surface area contributed by atoms with Crippen molar-refractivity contribution in [3.8, 4) is 0 Å². The number of likely N-dealkylation sites (tertiary alicyclic amines) is 1. The fraction of sp³-hybridized carbons (Fsp3) is 0.600. The fourth-order valence-corrected chi connectivity index (χ4v) is 3.33. The maximum absolute atomic E-state index is 12.1. The average Bonchev–Trinajstić information content (AvgIpc) is 2.68. The highest BCUT2D eigenvalue weighted by Gasteiger charge is 2.14. The molecule has 0 spiro atoms. The van der Waals surface area contributed by atoms with Crippen molar-refractivity contribution in [3.63, 3.8) is 0 Å². The van der Waals surface area contributed by atoms with Gasteiger partial charge in [-0.15, -0.1) is 24.0 Å². The highest BCUT2D eigenvalue weighted by Crippen LogP contribution is 2.15. The number of rotatable bonds is 8. The summed E-state index contributed by atoms with van der Waals surface area (Å²) >= 11 is 6.03. The average molecular weight is 522 g/mol. The molecule has 158 valence electrons. The molecule has 0 bridgehead atoms. The van der Waals surface area contributed by atoms with Crippen LogP contribution in [0.15, 0.2) is 29.3 Å². The summed E-state index contributed by atoms with van der Waals surface area (Å²) in [7, 11) is 1.75. The van der Waals surface area contributed by atoms with Gasteiger partial charge in [-0.3, -0.25) is 9.79 Å². The van der Waals surface area contributed by atoms with E-state index in [-0.39, 0.29) is 29.9 Å². The molecule has 0 radical (unpaired) electrons. The minimum Gasteiger partial charge on any atom is -0.356 e. The minimum atomic E-state index is -0.166. The van der Waals surface area contributed by atoms with Crippen LogP contribution in [0.2, 0.25) is 5.02 Å². The Morgan fingerprint density at radius 3 is 2.46 bits per heavy atom. The Morgan fingerprint density at radius 1 is 1.14 bits per heavy atom. The lowest BCUT2D eigenvalue weighted by molar-refractivity contribution is 0.0954. The topological polar surface area (TPSA) is 68.8 Å². The Morgan fingerprint density at radius 2 is 1.79 bits per heavy atom. The number of hydrogen-bond donors (Lipinski definition) is 3. The number of hydrogen-bond acceptors (Lipinski definition) is 3. The number of guanidine groups is 1. The van der Waals surface area contributed by atoms with Crippen LogP contribution in [0, 0.1) is 5.92 Å². The molecule has 0 atom stereocenters. The van der Waals surface area contributed by atoms with Crippen LogP contribution in [0.25, 0.3) is 0 Å². The van der Waals surface area contributed by atoms with E-state index in [9.17, 15) is 4.79 Å². The monoisotopic (exact) mass is 521 g/mol. The van der Waals surface area contributed by atoms with Crippen LogP contribution in [0.4, 0.5) is 0 Å². The molecule has 0 saturated carbocycles. The Hall–Kier alpha value is -1.06. The smallest absolute Gasteiger partial charge is 0.252 e. The first kappa shape index (κ1) is 25.0. The Bertz CT molecular complexity index is 620. The predicted molar refractivity (Wildman–Crippen MR) is 128 cm³/mol. The molecule has 6 nitrogen and oxygen atoms in total. The molecule has 2 rings (SSSR count). The van der Waals surface area contributed by atoms with E-state index < -0.39 is 0 Å². The highest BCUT2D eigenvalue weighted by atomic mass is 127. The molecule has 1 fully saturated rings. The van der Waals surface area contributed by atoms with Crippen LogP contribution in [0.1, 0.15) is 36.5 Å². The molecule has 1 aromatic rings. The maximum atomic E-state index is 12.1. The molecule has 1 heterocycles. The van der Waals surface area contributed by atoms with E-state index in [1.807, 2.05) is 6.07 Å². The molecule has 0 aromatic heterocycles. The number of benzene rings is 1. The summed E-state index contributed by atoms with van der Waals surface area (Å²) in [6.07, 6.45) is 3.73. The van der Waals surface area contributed by atoms with Crippen LogP contribution in [0.5, 0.6) is 0 Å². The van der Waals surface area contributed by atoms with E-state index in [1.54, 1.807) is 25.2 Å². The number of halogens is 2. The molecule has 1 amide bonds. The van der Waals surface area contributed by atoms with Crippen molar-refractivity contribution in [3.05, 3.63) is 34.9 Å². The van der Waals surface area contributed by atoms with Gasteiger partial charge in [0, 0.05) is 26.7 Å². The van der Waals surface area contributed by atoms with E-state index >= 15 is 0 Å². The molecule has 1 aliphatic rings. The van der Waals surface area contributed by atoms with Crippen molar-refractivity contribution in [2.24, 2.45) is 10.9 Å². The third-order valence-electron chi connectivity index (χ3n) is 4.86. The van der Waals surface area contributed by atoms with Gasteiger partial charge in [-0.1, -0.05) is 30.7 Å². The lowest BCUT2D eigenvalue weighted by Crippen LogP contribution is -2.42. The molecule has 1 saturated heterocycles. The summed E-state index contributed by atoms with van der Waals surface area (Å²) in [6, 6.07) is 7.04. The third-order valence-corrected chi connectivity index (χ3v) is 5.19. The number of carbonyl (C=O) groups excluding carboxylic acids is 1. The van der Waals surface area contributed by atoms with Gasteiger partial charge in [0.05, 0.1) is 10.6 Å².